The van der Waals surface area contributed by atoms with Crippen LogP contribution in [0.25, 0.3) is 0 Å². The minimum Gasteiger partial charge on any atom is -0.458 e. The van der Waals surface area contributed by atoms with Crippen molar-refractivity contribution in [2.75, 3.05) is 0 Å². The molecule has 538 valence electrons. The van der Waals surface area contributed by atoms with Crippen LogP contribution in [0.5, 0.6) is 0 Å². The lowest BCUT2D eigenvalue weighted by molar-refractivity contribution is -0.160. The van der Waals surface area contributed by atoms with Crippen LogP contribution in [0.3, 0.4) is 0 Å². The highest BCUT2D eigenvalue weighted by Crippen LogP contribution is 2.67. The Bertz CT molecular complexity index is 3820. The van der Waals surface area contributed by atoms with Crippen LogP contribution in [0, 0.1) is 139 Å². The normalized spacial score (nSPS) is 46.0. The lowest BCUT2D eigenvalue weighted by Crippen LogP contribution is -2.42. The molecule has 26 nitrogen and oxygen atoms in total. The second-order valence-electron chi connectivity index (χ2n) is 31.8. The maximum Gasteiger partial charge on any atom is 0.333 e. The van der Waals surface area contributed by atoms with Gasteiger partial charge in [-0.25, -0.2) is 28.8 Å². The van der Waals surface area contributed by atoms with Crippen molar-refractivity contribution in [3.05, 3.63) is 74.4 Å². The average Bonchev–Trinajstić information content (AvgIpc) is 1.57. The molecule has 0 radical (unpaired) electrons. The molecular weight excluding hydrogens is 1310 g/mol. The molecular formula is C75H84N2O24. The van der Waals surface area contributed by atoms with Gasteiger partial charge in [0.25, 0.3) is 0 Å². The first-order chi connectivity index (χ1) is 47.7. The van der Waals surface area contributed by atoms with E-state index in [1.54, 1.807) is 20.8 Å². The van der Waals surface area contributed by atoms with Gasteiger partial charge in [-0.05, 0) is 111 Å². The first-order valence-corrected chi connectivity index (χ1v) is 34.9. The molecule has 0 aromatic rings. The van der Waals surface area contributed by atoms with E-state index in [1.807, 2.05) is 20.8 Å². The van der Waals surface area contributed by atoms with Crippen molar-refractivity contribution in [2.45, 2.75) is 186 Å². The van der Waals surface area contributed by atoms with Gasteiger partial charge >= 0.3 is 71.6 Å². The Kier molecular flexibility index (Phi) is 17.6. The zero-order valence-electron chi connectivity index (χ0n) is 57.4. The lowest BCUT2D eigenvalue weighted by atomic mass is 9.75. The van der Waals surface area contributed by atoms with Crippen molar-refractivity contribution in [3.8, 4) is 12.1 Å². The molecule has 32 atom stereocenters. The van der Waals surface area contributed by atoms with E-state index in [1.165, 1.54) is 0 Å². The van der Waals surface area contributed by atoms with Crippen LogP contribution < -0.4 is 0 Å². The number of carbonyl (C=O) groups is 12. The molecule has 0 N–H and O–H groups in total. The number of hydrogen-bond donors (Lipinski definition) is 0. The summed E-state index contributed by atoms with van der Waals surface area (Å²) in [6.45, 7) is 33.6. The third-order valence-electron chi connectivity index (χ3n) is 26.3. The second-order valence-corrected chi connectivity index (χ2v) is 31.8. The Morgan fingerprint density at radius 2 is 0.772 bits per heavy atom. The van der Waals surface area contributed by atoms with E-state index in [-0.39, 0.29) is 208 Å². The highest BCUT2D eigenvalue weighted by Gasteiger charge is 2.75. The second kappa shape index (κ2) is 25.2. The highest BCUT2D eigenvalue weighted by atomic mass is 16.6. The number of nitrogens with zero attached hydrogens (tertiary/aromatic N) is 2. The minimum atomic E-state index is -0.753. The maximum atomic E-state index is 11.8. The van der Waals surface area contributed by atoms with E-state index in [2.05, 4.69) is 58.5 Å². The van der Waals surface area contributed by atoms with E-state index < -0.39 is 59.1 Å². The topological polar surface area (TPSA) is 363 Å². The third kappa shape index (κ3) is 10.9. The van der Waals surface area contributed by atoms with E-state index in [0.717, 1.165) is 56.8 Å². The number of hydrogen-bond acceptors (Lipinski definition) is 26. The molecule has 0 aromatic heterocycles. The summed E-state index contributed by atoms with van der Waals surface area (Å²) in [6, 6.07) is 4.47. The third-order valence-corrected chi connectivity index (χ3v) is 26.3. The van der Waals surface area contributed by atoms with Crippen molar-refractivity contribution in [3.63, 3.8) is 0 Å². The molecule has 0 amide bonds. The number of esters is 12. The minimum absolute atomic E-state index is 0.0278. The summed E-state index contributed by atoms with van der Waals surface area (Å²) in [5.74, 6) is -1.35. The van der Waals surface area contributed by atoms with Gasteiger partial charge in [-0.2, -0.15) is 10.5 Å². The summed E-state index contributed by atoms with van der Waals surface area (Å²) in [4.78, 5) is 138. The largest absolute Gasteiger partial charge is 0.458 e. The molecule has 6 aliphatic heterocycles. The zero-order valence-corrected chi connectivity index (χ0v) is 57.4. The number of carbonyl (C=O) groups excluding carboxylic acids is 12. The number of rotatable bonds is 12. The fraction of sp³-hybridized carbons (Fsp3) is 0.653. The van der Waals surface area contributed by atoms with Crippen molar-refractivity contribution in [2.24, 2.45) is 116 Å². The summed E-state index contributed by atoms with van der Waals surface area (Å²) in [6.07, 6.45) is 6.67. The summed E-state index contributed by atoms with van der Waals surface area (Å²) in [5.41, 5.74) is -1.09. The number of ether oxygens (including phenoxy) is 12. The van der Waals surface area contributed by atoms with Crippen molar-refractivity contribution in [1.82, 2.24) is 0 Å². The van der Waals surface area contributed by atoms with E-state index >= 15 is 0 Å². The van der Waals surface area contributed by atoms with Crippen molar-refractivity contribution in [1.29, 1.82) is 10.5 Å². The average molecular weight is 1400 g/mol. The first kappa shape index (κ1) is 70.5. The maximum absolute atomic E-state index is 11.8. The monoisotopic (exact) mass is 1400 g/mol. The predicted molar refractivity (Wildman–Crippen MR) is 339 cm³/mol. The molecule has 12 bridgehead atoms. The van der Waals surface area contributed by atoms with Gasteiger partial charge in [-0.15, -0.1) is 0 Å². The molecule has 0 spiro atoms. The van der Waals surface area contributed by atoms with Crippen LogP contribution in [0.1, 0.15) is 113 Å². The van der Waals surface area contributed by atoms with Crippen LogP contribution in [-0.2, 0) is 114 Å². The van der Waals surface area contributed by atoms with E-state index in [4.69, 9.17) is 56.8 Å². The first-order valence-electron chi connectivity index (χ1n) is 34.9. The molecule has 18 aliphatic rings. The molecule has 12 aliphatic carbocycles. The number of nitriles is 2. The van der Waals surface area contributed by atoms with Gasteiger partial charge in [0.15, 0.2) is 12.2 Å². The SMILES string of the molecule is C=C(C)C(=O)OC1C2CC3C1OC(=O)C3(C)C2.C=C(C)C(=O)OC1C2CC3C1OC(=O)C3C2C.C=C(C)C(=O)OC1C2OC(=O)C3CC1(C#N)CC32.C=CC(=O)OC1C2CC3C1OC(=O)C3(C)C2.C=CC(=O)OC1C2CC3C1OC(=O)C3C2C.C=CC(=O)OC1C2OC(=O)C3CC1(C#N)CC32. The molecule has 101 heavy (non-hydrogen) atoms. The van der Waals surface area contributed by atoms with Gasteiger partial charge in [0.1, 0.15) is 61.0 Å². The molecule has 18 fully saturated rings. The molecule has 12 saturated carbocycles. The summed E-state index contributed by atoms with van der Waals surface area (Å²) < 4.78 is 63.9. The van der Waals surface area contributed by atoms with Crippen LogP contribution in [0.15, 0.2) is 74.4 Å². The predicted octanol–water partition coefficient (Wildman–Crippen LogP) is 6.22. The van der Waals surface area contributed by atoms with Gasteiger partial charge in [0.05, 0.1) is 57.5 Å². The molecule has 26 heteroatoms. The standard InChI is InChI=1S/C13H13NO4.2C13H16O4.C12H11NO4.2C12H14O4/c1-6(2)11(15)18-10-9-7-3-13(10,5-14)4-8(7)12(16)17-9;1-6(2)11(14)16-9-7-4-8-10(9)17-12(15)13(8,3)5-7;1-5(2)12(14)16-10-7-4-8-9(6(7)3)13(15)17-11(8)10;1-2-8(14)16-10-9-6-3-12(10,5-13)4-7(6)11(15)17-9;1-3-8(13)15-9-6-4-7-10(9)16-11(14)12(7,2)5-6;1-3-8(13)15-10-6-4-7-9(5(6)2)12(14)16-11(7)10/h7-10H,1,3-4H2,2H3;7-10H,1,4-5H2,2-3H3;6-11H,1,4H2,2-3H3;2,6-7,9-10H,1,3-4H2;3,6-7,9-10H,1,4-5H2,2H3;3,5-7,9-11H,1,4H2,2H3. The molecule has 32 unspecified atom stereocenters. The quantitative estimate of drug-likeness (QED) is 0.119. The molecule has 18 rings (SSSR count). The fourth-order valence-electron chi connectivity index (χ4n) is 21.6. The summed E-state index contributed by atoms with van der Waals surface area (Å²) in [7, 11) is 0. The Balaban J connectivity index is 0.000000108. The number of fused-ring (bicyclic) bond motifs is 6. The van der Waals surface area contributed by atoms with Gasteiger partial charge in [0.2, 0.25) is 0 Å². The van der Waals surface area contributed by atoms with Gasteiger partial charge in [0, 0.05) is 94.1 Å². The van der Waals surface area contributed by atoms with Gasteiger partial charge in [-0.3, -0.25) is 28.8 Å². The Labute approximate surface area is 583 Å². The van der Waals surface area contributed by atoms with Crippen LogP contribution in [0.2, 0.25) is 0 Å². The van der Waals surface area contributed by atoms with Gasteiger partial charge in [-0.1, -0.05) is 53.3 Å². The highest BCUT2D eigenvalue weighted by molar-refractivity contribution is 5.90. The van der Waals surface area contributed by atoms with Gasteiger partial charge < -0.3 is 56.8 Å². The summed E-state index contributed by atoms with van der Waals surface area (Å²) in [5, 5.41) is 18.7. The Morgan fingerprint density at radius 3 is 1.17 bits per heavy atom. The van der Waals surface area contributed by atoms with Crippen LogP contribution in [-0.4, -0.2) is 145 Å². The van der Waals surface area contributed by atoms with Crippen LogP contribution >= 0.6 is 0 Å². The van der Waals surface area contributed by atoms with E-state index in [0.29, 0.717) is 36.8 Å². The molecule has 6 saturated heterocycles. The summed E-state index contributed by atoms with van der Waals surface area (Å²) >= 11 is 0. The lowest BCUT2D eigenvalue weighted by Gasteiger charge is -2.30. The van der Waals surface area contributed by atoms with E-state index in [9.17, 15) is 68.1 Å². The van der Waals surface area contributed by atoms with Crippen molar-refractivity contribution >= 4 is 71.6 Å². The zero-order chi connectivity index (χ0) is 72.9. The molecule has 0 aromatic carbocycles. The smallest absolute Gasteiger partial charge is 0.333 e. The van der Waals surface area contributed by atoms with Crippen molar-refractivity contribution < 1.29 is 114 Å². The molecule has 6 heterocycles. The van der Waals surface area contributed by atoms with Crippen LogP contribution in [0.4, 0.5) is 0 Å². The Morgan fingerprint density at radius 1 is 0.426 bits per heavy atom. The Hall–Kier alpha value is -8.94. The fourth-order valence-corrected chi connectivity index (χ4v) is 21.6.